The van der Waals surface area contributed by atoms with Gasteiger partial charge in [-0.2, -0.15) is 0 Å². The van der Waals surface area contributed by atoms with Crippen LogP contribution in [-0.4, -0.2) is 61.4 Å². The van der Waals surface area contributed by atoms with Crippen molar-refractivity contribution >= 4 is 24.2 Å². The second-order valence-electron chi connectivity index (χ2n) is 6.47. The van der Waals surface area contributed by atoms with Crippen molar-refractivity contribution in [1.29, 1.82) is 0 Å². The fourth-order valence-corrected chi connectivity index (χ4v) is 3.57. The maximum atomic E-state index is 12.8. The summed E-state index contributed by atoms with van der Waals surface area (Å²) in [4.78, 5) is 28.6. The number of piperazine rings is 1. The highest BCUT2D eigenvalue weighted by Crippen LogP contribution is 2.32. The number of rotatable bonds is 3. The molecule has 1 aliphatic carbocycles. The molecule has 0 bridgehead atoms. The predicted molar refractivity (Wildman–Crippen MR) is 96.5 cm³/mol. The second-order valence-corrected chi connectivity index (χ2v) is 6.47. The molecule has 0 radical (unpaired) electrons. The molecule has 1 saturated heterocycles. The van der Waals surface area contributed by atoms with Crippen LogP contribution in [0, 0.1) is 0 Å². The Labute approximate surface area is 149 Å². The van der Waals surface area contributed by atoms with E-state index in [2.05, 4.69) is 17.4 Å². The molecule has 6 heteroatoms. The van der Waals surface area contributed by atoms with Crippen molar-refractivity contribution in [3.05, 3.63) is 35.4 Å². The number of fused-ring (bicyclic) bond motifs is 1. The van der Waals surface area contributed by atoms with Crippen molar-refractivity contribution in [3.63, 3.8) is 0 Å². The molecule has 132 valence electrons. The fourth-order valence-electron chi connectivity index (χ4n) is 3.57. The van der Waals surface area contributed by atoms with Crippen LogP contribution in [0.3, 0.4) is 0 Å². The molecule has 2 aliphatic rings. The minimum atomic E-state index is -0.0965. The third kappa shape index (κ3) is 4.08. The van der Waals surface area contributed by atoms with E-state index in [9.17, 15) is 9.59 Å². The quantitative estimate of drug-likeness (QED) is 0.896. The zero-order chi connectivity index (χ0) is 16.2. The van der Waals surface area contributed by atoms with Gasteiger partial charge in [-0.1, -0.05) is 24.3 Å². The van der Waals surface area contributed by atoms with E-state index < -0.39 is 0 Å². The third-order valence-corrected chi connectivity index (χ3v) is 4.89. The molecule has 1 heterocycles. The number of aryl methyl sites for hydroxylation is 1. The molecule has 24 heavy (non-hydrogen) atoms. The topological polar surface area (TPSA) is 52.7 Å². The summed E-state index contributed by atoms with van der Waals surface area (Å²) in [6.45, 7) is 3.30. The van der Waals surface area contributed by atoms with Gasteiger partial charge in [0, 0.05) is 33.2 Å². The van der Waals surface area contributed by atoms with Crippen LogP contribution in [0.2, 0.25) is 0 Å². The van der Waals surface area contributed by atoms with Crippen LogP contribution in [0.15, 0.2) is 24.3 Å². The van der Waals surface area contributed by atoms with Crippen molar-refractivity contribution in [2.24, 2.45) is 0 Å². The minimum Gasteiger partial charge on any atom is -0.339 e. The highest BCUT2D eigenvalue weighted by Gasteiger charge is 2.29. The van der Waals surface area contributed by atoms with E-state index in [4.69, 9.17) is 0 Å². The molecule has 1 aromatic carbocycles. The third-order valence-electron chi connectivity index (χ3n) is 4.89. The molecule has 1 atom stereocenters. The Morgan fingerprint density at radius 2 is 1.96 bits per heavy atom. The Morgan fingerprint density at radius 3 is 2.71 bits per heavy atom. The standard InChI is InChI=1S/C18H25N3O2.ClH/c1-20(13-17(22)21-11-9-19-10-12-21)18(23)16-8-4-6-14-5-2-3-7-15(14)16;/h2-3,5,7,16,19H,4,6,8-13H2,1H3;1H. The number of carbonyl (C=O) groups excluding carboxylic acids is 2. The monoisotopic (exact) mass is 351 g/mol. The van der Waals surface area contributed by atoms with Gasteiger partial charge in [0.25, 0.3) is 0 Å². The number of nitrogens with zero attached hydrogens (tertiary/aromatic N) is 2. The molecular formula is C18H26ClN3O2. The van der Waals surface area contributed by atoms with E-state index in [0.717, 1.165) is 51.0 Å². The van der Waals surface area contributed by atoms with Crippen LogP contribution < -0.4 is 5.32 Å². The maximum Gasteiger partial charge on any atom is 0.242 e. The van der Waals surface area contributed by atoms with E-state index in [-0.39, 0.29) is 36.7 Å². The zero-order valence-electron chi connectivity index (χ0n) is 14.2. The molecule has 0 aromatic heterocycles. The van der Waals surface area contributed by atoms with Gasteiger partial charge in [-0.25, -0.2) is 0 Å². The molecule has 0 saturated carbocycles. The molecule has 1 N–H and O–H groups in total. The van der Waals surface area contributed by atoms with E-state index in [1.54, 1.807) is 11.9 Å². The van der Waals surface area contributed by atoms with Gasteiger partial charge in [0.1, 0.15) is 0 Å². The lowest BCUT2D eigenvalue weighted by Gasteiger charge is -2.31. The first-order valence-electron chi connectivity index (χ1n) is 8.48. The Bertz CT molecular complexity index is 587. The summed E-state index contributed by atoms with van der Waals surface area (Å²) in [7, 11) is 1.75. The smallest absolute Gasteiger partial charge is 0.242 e. The average Bonchev–Trinajstić information content (AvgIpc) is 2.61. The van der Waals surface area contributed by atoms with Crippen molar-refractivity contribution in [3.8, 4) is 0 Å². The first kappa shape index (κ1) is 18.7. The van der Waals surface area contributed by atoms with Crippen LogP contribution in [-0.2, 0) is 16.0 Å². The highest BCUT2D eigenvalue weighted by molar-refractivity contribution is 5.88. The molecule has 1 aliphatic heterocycles. The molecular weight excluding hydrogens is 326 g/mol. The van der Waals surface area contributed by atoms with Crippen LogP contribution in [0.1, 0.15) is 29.9 Å². The van der Waals surface area contributed by atoms with E-state index >= 15 is 0 Å². The number of hydrogen-bond donors (Lipinski definition) is 1. The van der Waals surface area contributed by atoms with Gasteiger partial charge in [0.2, 0.25) is 11.8 Å². The average molecular weight is 352 g/mol. The van der Waals surface area contributed by atoms with Gasteiger partial charge in [-0.05, 0) is 30.4 Å². The molecule has 1 aromatic rings. The summed E-state index contributed by atoms with van der Waals surface area (Å²) in [5, 5.41) is 3.23. The Morgan fingerprint density at radius 1 is 1.25 bits per heavy atom. The number of amides is 2. The number of halogens is 1. The van der Waals surface area contributed by atoms with Crippen LogP contribution in [0.5, 0.6) is 0 Å². The van der Waals surface area contributed by atoms with Gasteiger partial charge < -0.3 is 15.1 Å². The highest BCUT2D eigenvalue weighted by atomic mass is 35.5. The Kier molecular flexibility index (Phi) is 6.63. The van der Waals surface area contributed by atoms with Crippen molar-refractivity contribution in [2.75, 3.05) is 39.8 Å². The van der Waals surface area contributed by atoms with Gasteiger partial charge in [-0.15, -0.1) is 12.4 Å². The maximum absolute atomic E-state index is 12.8. The first-order chi connectivity index (χ1) is 11.2. The summed E-state index contributed by atoms with van der Waals surface area (Å²) >= 11 is 0. The van der Waals surface area contributed by atoms with Gasteiger partial charge >= 0.3 is 0 Å². The van der Waals surface area contributed by atoms with Crippen molar-refractivity contribution < 1.29 is 9.59 Å². The van der Waals surface area contributed by atoms with Gasteiger partial charge in [-0.3, -0.25) is 9.59 Å². The van der Waals surface area contributed by atoms with Crippen LogP contribution in [0.25, 0.3) is 0 Å². The van der Waals surface area contributed by atoms with E-state index in [1.807, 2.05) is 17.0 Å². The van der Waals surface area contributed by atoms with E-state index in [1.165, 1.54) is 5.56 Å². The molecule has 5 nitrogen and oxygen atoms in total. The van der Waals surface area contributed by atoms with Crippen molar-refractivity contribution in [2.45, 2.75) is 25.2 Å². The summed E-state index contributed by atoms with van der Waals surface area (Å²) in [5.41, 5.74) is 2.42. The van der Waals surface area contributed by atoms with Gasteiger partial charge in [0.15, 0.2) is 0 Å². The molecule has 3 rings (SSSR count). The Hall–Kier alpha value is -1.59. The zero-order valence-corrected chi connectivity index (χ0v) is 15.0. The summed E-state index contributed by atoms with van der Waals surface area (Å²) in [6, 6.07) is 8.20. The summed E-state index contributed by atoms with van der Waals surface area (Å²) in [6.07, 6.45) is 2.96. The van der Waals surface area contributed by atoms with Crippen LogP contribution in [0.4, 0.5) is 0 Å². The molecule has 1 unspecified atom stereocenters. The number of benzene rings is 1. The lowest BCUT2D eigenvalue weighted by Crippen LogP contribution is -2.50. The predicted octanol–water partition coefficient (Wildman–Crippen LogP) is 1.42. The fraction of sp³-hybridized carbons (Fsp3) is 0.556. The molecule has 2 amide bonds. The number of likely N-dealkylation sites (N-methyl/N-ethyl adjacent to an activating group) is 1. The lowest BCUT2D eigenvalue weighted by molar-refractivity contribution is -0.140. The number of nitrogens with one attached hydrogen (secondary N) is 1. The van der Waals surface area contributed by atoms with Crippen molar-refractivity contribution in [1.82, 2.24) is 15.1 Å². The minimum absolute atomic E-state index is 0. The number of hydrogen-bond acceptors (Lipinski definition) is 3. The lowest BCUT2D eigenvalue weighted by atomic mass is 9.82. The van der Waals surface area contributed by atoms with E-state index in [0.29, 0.717) is 0 Å². The summed E-state index contributed by atoms with van der Waals surface area (Å²) in [5.74, 6) is 0.0212. The SMILES string of the molecule is CN(CC(=O)N1CCNCC1)C(=O)C1CCCc2ccccc21.Cl. The second kappa shape index (κ2) is 8.49. The van der Waals surface area contributed by atoms with Crippen LogP contribution >= 0.6 is 12.4 Å². The normalized spacial score (nSPS) is 19.9. The summed E-state index contributed by atoms with van der Waals surface area (Å²) < 4.78 is 0. The number of carbonyl (C=O) groups is 2. The molecule has 0 spiro atoms. The molecule has 1 fully saturated rings. The van der Waals surface area contributed by atoms with Gasteiger partial charge in [0.05, 0.1) is 12.5 Å². The largest absolute Gasteiger partial charge is 0.339 e. The Balaban J connectivity index is 0.00000208. The first-order valence-corrected chi connectivity index (χ1v) is 8.48.